The van der Waals surface area contributed by atoms with E-state index < -0.39 is 0 Å². The van der Waals surface area contributed by atoms with Crippen LogP contribution in [0.3, 0.4) is 0 Å². The molecule has 1 heterocycles. The van der Waals surface area contributed by atoms with Crippen LogP contribution in [-0.2, 0) is 24.9 Å². The van der Waals surface area contributed by atoms with Crippen LogP contribution in [0.15, 0.2) is 41.7 Å². The number of rotatable bonds is 8. The Morgan fingerprint density at radius 3 is 2.75 bits per heavy atom. The minimum absolute atomic E-state index is 0.377. The van der Waals surface area contributed by atoms with Crippen LogP contribution in [0.2, 0.25) is 0 Å². The van der Waals surface area contributed by atoms with Crippen molar-refractivity contribution in [3.05, 3.63) is 48.0 Å². The first-order valence-corrected chi connectivity index (χ1v) is 8.08. The second kappa shape index (κ2) is 9.67. The van der Waals surface area contributed by atoms with Crippen LogP contribution in [-0.4, -0.2) is 40.9 Å². The number of aliphatic imine (C=N–C) groups is 1. The van der Waals surface area contributed by atoms with E-state index in [4.69, 9.17) is 4.74 Å². The first-order chi connectivity index (χ1) is 11.7. The van der Waals surface area contributed by atoms with Gasteiger partial charge in [0, 0.05) is 20.6 Å². The Balaban J connectivity index is 1.64. The number of hydrogen-bond donors (Lipinski definition) is 2. The van der Waals surface area contributed by atoms with Gasteiger partial charge in [0.15, 0.2) is 11.8 Å². The highest BCUT2D eigenvalue weighted by Gasteiger charge is 2.06. The maximum Gasteiger partial charge on any atom is 0.191 e. The molecular weight excluding hydrogens is 304 g/mol. The van der Waals surface area contributed by atoms with E-state index >= 15 is 0 Å². The molecule has 7 nitrogen and oxygen atoms in total. The van der Waals surface area contributed by atoms with E-state index in [1.165, 1.54) is 5.56 Å². The lowest BCUT2D eigenvalue weighted by Crippen LogP contribution is -2.40. The standard InChI is InChI=1S/C17H26N6O/c1-14(11-24-12-15-7-5-4-6-8-15)9-19-17(18-2)20-10-16-22-21-13-23(16)3/h4-8,13-14H,9-12H2,1-3H3,(H2,18,19,20). The van der Waals surface area contributed by atoms with Gasteiger partial charge >= 0.3 is 0 Å². The van der Waals surface area contributed by atoms with E-state index in [0.717, 1.165) is 18.3 Å². The van der Waals surface area contributed by atoms with Crippen LogP contribution in [0, 0.1) is 5.92 Å². The van der Waals surface area contributed by atoms with Gasteiger partial charge in [-0.2, -0.15) is 0 Å². The van der Waals surface area contributed by atoms with Gasteiger partial charge in [0.2, 0.25) is 0 Å². The Morgan fingerprint density at radius 2 is 2.08 bits per heavy atom. The van der Waals surface area contributed by atoms with E-state index in [2.05, 4.69) is 44.9 Å². The zero-order chi connectivity index (χ0) is 17.2. The highest BCUT2D eigenvalue weighted by atomic mass is 16.5. The van der Waals surface area contributed by atoms with Gasteiger partial charge in [0.1, 0.15) is 6.33 Å². The van der Waals surface area contributed by atoms with Gasteiger partial charge in [-0.3, -0.25) is 4.99 Å². The molecule has 1 unspecified atom stereocenters. The largest absolute Gasteiger partial charge is 0.376 e. The van der Waals surface area contributed by atoms with Gasteiger partial charge in [-0.1, -0.05) is 37.3 Å². The second-order valence-corrected chi connectivity index (χ2v) is 5.77. The van der Waals surface area contributed by atoms with E-state index in [9.17, 15) is 0 Å². The number of aryl methyl sites for hydroxylation is 1. The summed E-state index contributed by atoms with van der Waals surface area (Å²) >= 11 is 0. The van der Waals surface area contributed by atoms with Crippen molar-refractivity contribution in [1.29, 1.82) is 0 Å². The summed E-state index contributed by atoms with van der Waals surface area (Å²) in [6.07, 6.45) is 1.68. The first kappa shape index (κ1) is 17.9. The predicted molar refractivity (Wildman–Crippen MR) is 94.5 cm³/mol. The molecule has 0 fully saturated rings. The number of hydrogen-bond acceptors (Lipinski definition) is 4. The van der Waals surface area contributed by atoms with Gasteiger partial charge in [-0.05, 0) is 11.5 Å². The molecule has 2 aromatic rings. The Labute approximate surface area is 143 Å². The van der Waals surface area contributed by atoms with Crippen LogP contribution in [0.4, 0.5) is 0 Å². The second-order valence-electron chi connectivity index (χ2n) is 5.77. The van der Waals surface area contributed by atoms with Gasteiger partial charge in [-0.15, -0.1) is 10.2 Å². The third-order valence-corrected chi connectivity index (χ3v) is 3.57. The van der Waals surface area contributed by atoms with Crippen molar-refractivity contribution < 1.29 is 4.74 Å². The molecule has 1 atom stereocenters. The molecule has 0 saturated heterocycles. The average molecular weight is 330 g/mol. The Kier molecular flexibility index (Phi) is 7.22. The molecule has 0 saturated carbocycles. The van der Waals surface area contributed by atoms with Crippen LogP contribution >= 0.6 is 0 Å². The molecule has 130 valence electrons. The maximum absolute atomic E-state index is 5.76. The fourth-order valence-electron chi connectivity index (χ4n) is 2.13. The van der Waals surface area contributed by atoms with Gasteiger partial charge in [-0.25, -0.2) is 0 Å². The summed E-state index contributed by atoms with van der Waals surface area (Å²) in [6.45, 7) is 4.85. The maximum atomic E-state index is 5.76. The van der Waals surface area contributed by atoms with Crippen molar-refractivity contribution in [1.82, 2.24) is 25.4 Å². The molecule has 0 amide bonds. The molecule has 2 rings (SSSR count). The summed E-state index contributed by atoms with van der Waals surface area (Å²) in [6, 6.07) is 10.2. The number of aromatic nitrogens is 3. The summed E-state index contributed by atoms with van der Waals surface area (Å²) in [4.78, 5) is 4.21. The van der Waals surface area contributed by atoms with Crippen LogP contribution in [0.5, 0.6) is 0 Å². The fraction of sp³-hybridized carbons (Fsp3) is 0.471. The summed E-state index contributed by atoms with van der Waals surface area (Å²) in [5.74, 6) is 1.98. The minimum Gasteiger partial charge on any atom is -0.376 e. The summed E-state index contributed by atoms with van der Waals surface area (Å²) < 4.78 is 7.64. The van der Waals surface area contributed by atoms with Crippen molar-refractivity contribution in [2.45, 2.75) is 20.1 Å². The van der Waals surface area contributed by atoms with Crippen molar-refractivity contribution in [3.8, 4) is 0 Å². The highest BCUT2D eigenvalue weighted by Crippen LogP contribution is 2.02. The molecule has 0 aliphatic heterocycles. The Hall–Kier alpha value is -2.41. The summed E-state index contributed by atoms with van der Waals surface area (Å²) in [5.41, 5.74) is 1.19. The van der Waals surface area contributed by atoms with E-state index in [1.54, 1.807) is 13.4 Å². The zero-order valence-electron chi connectivity index (χ0n) is 14.6. The van der Waals surface area contributed by atoms with E-state index in [1.807, 2.05) is 29.8 Å². The Bertz CT molecular complexity index is 625. The Morgan fingerprint density at radius 1 is 1.29 bits per heavy atom. The first-order valence-electron chi connectivity index (χ1n) is 8.08. The average Bonchev–Trinajstić information content (AvgIpc) is 3.01. The molecule has 1 aromatic heterocycles. The van der Waals surface area contributed by atoms with Gasteiger partial charge in [0.05, 0.1) is 19.8 Å². The molecular formula is C17H26N6O. The SMILES string of the molecule is CN=C(NCc1nncn1C)NCC(C)COCc1ccccc1. The number of nitrogens with one attached hydrogen (secondary N) is 2. The molecule has 7 heteroatoms. The number of nitrogens with zero attached hydrogens (tertiary/aromatic N) is 4. The lowest BCUT2D eigenvalue weighted by atomic mass is 10.2. The highest BCUT2D eigenvalue weighted by molar-refractivity contribution is 5.79. The lowest BCUT2D eigenvalue weighted by molar-refractivity contribution is 0.0931. The van der Waals surface area contributed by atoms with E-state index in [0.29, 0.717) is 25.7 Å². The minimum atomic E-state index is 0.377. The fourth-order valence-corrected chi connectivity index (χ4v) is 2.13. The van der Waals surface area contributed by atoms with Crippen LogP contribution in [0.25, 0.3) is 0 Å². The van der Waals surface area contributed by atoms with Crippen molar-refractivity contribution in [2.24, 2.45) is 18.0 Å². The third kappa shape index (κ3) is 6.00. The predicted octanol–water partition coefficient (Wildman–Crippen LogP) is 1.33. The third-order valence-electron chi connectivity index (χ3n) is 3.57. The molecule has 2 N–H and O–H groups in total. The molecule has 1 aromatic carbocycles. The van der Waals surface area contributed by atoms with Crippen LogP contribution < -0.4 is 10.6 Å². The molecule has 0 aliphatic rings. The van der Waals surface area contributed by atoms with Crippen molar-refractivity contribution in [2.75, 3.05) is 20.2 Å². The molecule has 0 bridgehead atoms. The quantitative estimate of drug-likeness (QED) is 0.564. The van der Waals surface area contributed by atoms with Crippen molar-refractivity contribution >= 4 is 5.96 Å². The number of benzene rings is 1. The molecule has 0 spiro atoms. The normalized spacial score (nSPS) is 12.9. The summed E-state index contributed by atoms with van der Waals surface area (Å²) in [7, 11) is 3.67. The summed E-state index contributed by atoms with van der Waals surface area (Å²) in [5, 5.41) is 14.4. The number of guanidine groups is 1. The molecule has 24 heavy (non-hydrogen) atoms. The van der Waals surface area contributed by atoms with Crippen molar-refractivity contribution in [3.63, 3.8) is 0 Å². The zero-order valence-corrected chi connectivity index (χ0v) is 14.6. The van der Waals surface area contributed by atoms with Crippen LogP contribution in [0.1, 0.15) is 18.3 Å². The topological polar surface area (TPSA) is 76.4 Å². The van der Waals surface area contributed by atoms with E-state index in [-0.39, 0.29) is 0 Å². The molecule has 0 aliphatic carbocycles. The van der Waals surface area contributed by atoms with Gasteiger partial charge < -0.3 is 19.9 Å². The lowest BCUT2D eigenvalue weighted by Gasteiger charge is -2.16. The molecule has 0 radical (unpaired) electrons. The monoisotopic (exact) mass is 330 g/mol. The van der Waals surface area contributed by atoms with Gasteiger partial charge in [0.25, 0.3) is 0 Å². The number of ether oxygens (including phenoxy) is 1. The smallest absolute Gasteiger partial charge is 0.191 e.